The molecule has 1 N–H and O–H groups in total. The molecule has 0 bridgehead atoms. The van der Waals surface area contributed by atoms with E-state index in [1.54, 1.807) is 16.7 Å². The number of benzene rings is 1. The zero-order valence-corrected chi connectivity index (χ0v) is 13.2. The lowest BCUT2D eigenvalue weighted by atomic mass is 9.97. The smallest absolute Gasteiger partial charge is 0.0220 e. The molecule has 15 heavy (non-hydrogen) atoms. The first-order valence-electron chi connectivity index (χ1n) is 5.43. The van der Waals surface area contributed by atoms with Crippen molar-refractivity contribution in [1.29, 1.82) is 0 Å². The molecule has 0 unspecified atom stereocenters. The molecule has 0 amide bonds. The van der Waals surface area contributed by atoms with Gasteiger partial charge in [0.05, 0.1) is 0 Å². The summed E-state index contributed by atoms with van der Waals surface area (Å²) in [6.07, 6.45) is 3.63. The molecule has 1 heterocycles. The number of hydrogen-bond donors (Lipinski definition) is 1. The Morgan fingerprint density at radius 3 is 2.93 bits per heavy atom. The minimum atomic E-state index is 1.06. The van der Waals surface area contributed by atoms with Crippen LogP contribution in [0, 0.1) is 7.14 Å². The molecule has 0 aromatic heterocycles. The lowest BCUT2D eigenvalue weighted by molar-refractivity contribution is 0.638. The second kappa shape index (κ2) is 5.31. The number of fused-ring (bicyclic) bond motifs is 1. The lowest BCUT2D eigenvalue weighted by Crippen LogP contribution is -2.25. The summed E-state index contributed by atoms with van der Waals surface area (Å²) in [6.45, 7) is 4.44. The van der Waals surface area contributed by atoms with Crippen LogP contribution in [-0.2, 0) is 19.4 Å². The Morgan fingerprint density at radius 2 is 2.20 bits per heavy atom. The second-order valence-corrected chi connectivity index (χ2v) is 6.21. The summed E-state index contributed by atoms with van der Waals surface area (Å²) in [5.41, 5.74) is 4.66. The van der Waals surface area contributed by atoms with Crippen LogP contribution in [0.2, 0.25) is 0 Å². The van der Waals surface area contributed by atoms with Crippen molar-refractivity contribution in [1.82, 2.24) is 5.32 Å². The summed E-state index contributed by atoms with van der Waals surface area (Å²) >= 11 is 5.02. The standard InChI is InChI=1S/C12H15I2N/c1-2-3-9-11(13)6-8-4-5-15-7-10(8)12(9)14/h6,15H,2-5,7H2,1H3. The summed E-state index contributed by atoms with van der Waals surface area (Å²) in [4.78, 5) is 0. The quantitative estimate of drug-likeness (QED) is 0.714. The van der Waals surface area contributed by atoms with Crippen LogP contribution in [0.5, 0.6) is 0 Å². The third kappa shape index (κ3) is 2.49. The largest absolute Gasteiger partial charge is 0.312 e. The Balaban J connectivity index is 2.49. The van der Waals surface area contributed by atoms with Crippen LogP contribution >= 0.6 is 45.2 Å². The third-order valence-electron chi connectivity index (χ3n) is 2.88. The summed E-state index contributed by atoms with van der Waals surface area (Å²) in [5.74, 6) is 0. The Morgan fingerprint density at radius 1 is 1.40 bits per heavy atom. The molecule has 0 fully saturated rings. The zero-order valence-electron chi connectivity index (χ0n) is 8.87. The monoisotopic (exact) mass is 427 g/mol. The van der Waals surface area contributed by atoms with Gasteiger partial charge in [0, 0.05) is 13.7 Å². The fourth-order valence-corrected chi connectivity index (χ4v) is 4.61. The Labute approximate surface area is 119 Å². The molecule has 0 saturated heterocycles. The van der Waals surface area contributed by atoms with E-state index in [4.69, 9.17) is 0 Å². The van der Waals surface area contributed by atoms with E-state index in [0.717, 1.165) is 13.1 Å². The number of nitrogens with one attached hydrogen (secondary N) is 1. The molecule has 3 heteroatoms. The van der Waals surface area contributed by atoms with E-state index in [9.17, 15) is 0 Å². The molecule has 2 rings (SSSR count). The van der Waals surface area contributed by atoms with Crippen LogP contribution in [0.3, 0.4) is 0 Å². The molecular weight excluding hydrogens is 412 g/mol. The zero-order chi connectivity index (χ0) is 10.8. The van der Waals surface area contributed by atoms with E-state index >= 15 is 0 Å². The van der Waals surface area contributed by atoms with Crippen molar-refractivity contribution in [2.24, 2.45) is 0 Å². The molecule has 1 nitrogen and oxygen atoms in total. The van der Waals surface area contributed by atoms with E-state index < -0.39 is 0 Å². The highest BCUT2D eigenvalue weighted by Crippen LogP contribution is 2.29. The first-order chi connectivity index (χ1) is 7.24. The van der Waals surface area contributed by atoms with Gasteiger partial charge in [0.25, 0.3) is 0 Å². The van der Waals surface area contributed by atoms with Crippen molar-refractivity contribution >= 4 is 45.2 Å². The van der Waals surface area contributed by atoms with Crippen molar-refractivity contribution in [2.45, 2.75) is 32.7 Å². The highest BCUT2D eigenvalue weighted by Gasteiger charge is 2.16. The van der Waals surface area contributed by atoms with Crippen LogP contribution < -0.4 is 5.32 Å². The topological polar surface area (TPSA) is 12.0 Å². The van der Waals surface area contributed by atoms with Gasteiger partial charge in [-0.2, -0.15) is 0 Å². The predicted molar refractivity (Wildman–Crippen MR) is 81.3 cm³/mol. The average molecular weight is 427 g/mol. The first-order valence-corrected chi connectivity index (χ1v) is 7.59. The summed E-state index contributed by atoms with van der Waals surface area (Å²) in [5, 5.41) is 3.46. The SMILES string of the molecule is CCCc1c(I)cc2c(c1I)CNCC2. The maximum Gasteiger partial charge on any atom is 0.0220 e. The first kappa shape index (κ1) is 12.1. The minimum absolute atomic E-state index is 1.06. The van der Waals surface area contributed by atoms with Crippen molar-refractivity contribution < 1.29 is 0 Å². The summed E-state index contributed by atoms with van der Waals surface area (Å²) in [7, 11) is 0. The molecule has 0 aliphatic carbocycles. The Kier molecular flexibility index (Phi) is 4.29. The van der Waals surface area contributed by atoms with Crippen LogP contribution in [0.15, 0.2) is 6.07 Å². The average Bonchev–Trinajstić information content (AvgIpc) is 2.24. The van der Waals surface area contributed by atoms with E-state index in [1.165, 1.54) is 26.4 Å². The fraction of sp³-hybridized carbons (Fsp3) is 0.500. The highest BCUT2D eigenvalue weighted by atomic mass is 127. The molecule has 82 valence electrons. The van der Waals surface area contributed by atoms with Gasteiger partial charge in [-0.25, -0.2) is 0 Å². The second-order valence-electron chi connectivity index (χ2n) is 3.97. The van der Waals surface area contributed by atoms with Gasteiger partial charge >= 0.3 is 0 Å². The normalized spacial score (nSPS) is 15.1. The summed E-state index contributed by atoms with van der Waals surface area (Å²) in [6, 6.07) is 2.39. The van der Waals surface area contributed by atoms with Crippen LogP contribution in [0.25, 0.3) is 0 Å². The molecule has 1 aromatic rings. The Hall–Kier alpha value is 0.640. The van der Waals surface area contributed by atoms with Crippen molar-refractivity contribution in [3.05, 3.63) is 29.9 Å². The van der Waals surface area contributed by atoms with Crippen molar-refractivity contribution in [3.8, 4) is 0 Å². The maximum absolute atomic E-state index is 3.46. The molecule has 0 spiro atoms. The van der Waals surface area contributed by atoms with Gasteiger partial charge in [-0.15, -0.1) is 0 Å². The number of halogens is 2. The maximum atomic E-state index is 3.46. The third-order valence-corrected chi connectivity index (χ3v) is 5.14. The van der Waals surface area contributed by atoms with Crippen LogP contribution in [0.1, 0.15) is 30.0 Å². The minimum Gasteiger partial charge on any atom is -0.312 e. The molecule has 1 aliphatic rings. The summed E-state index contributed by atoms with van der Waals surface area (Å²) < 4.78 is 2.96. The van der Waals surface area contributed by atoms with Crippen molar-refractivity contribution in [3.63, 3.8) is 0 Å². The van der Waals surface area contributed by atoms with Crippen LogP contribution in [-0.4, -0.2) is 6.54 Å². The molecule has 1 aliphatic heterocycles. The molecule has 1 aromatic carbocycles. The van der Waals surface area contributed by atoms with Gasteiger partial charge in [-0.05, 0) is 87.3 Å². The van der Waals surface area contributed by atoms with E-state index in [2.05, 4.69) is 63.5 Å². The highest BCUT2D eigenvalue weighted by molar-refractivity contribution is 14.1. The van der Waals surface area contributed by atoms with Gasteiger partial charge in [0.15, 0.2) is 0 Å². The van der Waals surface area contributed by atoms with E-state index in [0.29, 0.717) is 0 Å². The lowest BCUT2D eigenvalue weighted by Gasteiger charge is -2.21. The molecule has 0 atom stereocenters. The van der Waals surface area contributed by atoms with Crippen LogP contribution in [0.4, 0.5) is 0 Å². The molecular formula is C12H15I2N. The van der Waals surface area contributed by atoms with E-state index in [1.807, 2.05) is 0 Å². The number of rotatable bonds is 2. The van der Waals surface area contributed by atoms with Gasteiger partial charge in [-0.3, -0.25) is 0 Å². The molecule has 0 saturated carbocycles. The van der Waals surface area contributed by atoms with E-state index in [-0.39, 0.29) is 0 Å². The fourth-order valence-electron chi connectivity index (χ4n) is 2.08. The van der Waals surface area contributed by atoms with Gasteiger partial charge in [0.1, 0.15) is 0 Å². The van der Waals surface area contributed by atoms with Gasteiger partial charge in [0.2, 0.25) is 0 Å². The van der Waals surface area contributed by atoms with Gasteiger partial charge < -0.3 is 5.32 Å². The predicted octanol–water partition coefficient (Wildman–Crippen LogP) is 3.49. The Bertz CT molecular complexity index is 374. The van der Waals surface area contributed by atoms with Gasteiger partial charge in [-0.1, -0.05) is 13.3 Å². The molecule has 0 radical (unpaired) electrons. The van der Waals surface area contributed by atoms with Crippen molar-refractivity contribution in [2.75, 3.05) is 6.54 Å². The number of hydrogen-bond acceptors (Lipinski definition) is 1.